The molecule has 0 atom stereocenters. The van der Waals surface area contributed by atoms with Crippen molar-refractivity contribution in [2.45, 2.75) is 33.7 Å². The van der Waals surface area contributed by atoms with E-state index in [1.54, 1.807) is 0 Å². The van der Waals surface area contributed by atoms with Crippen molar-refractivity contribution in [3.63, 3.8) is 0 Å². The lowest BCUT2D eigenvalue weighted by Crippen LogP contribution is -2.23. The van der Waals surface area contributed by atoms with Crippen LogP contribution < -0.4 is 10.5 Å². The zero-order chi connectivity index (χ0) is 13.2. The van der Waals surface area contributed by atoms with Crippen molar-refractivity contribution in [1.82, 2.24) is 4.90 Å². The van der Waals surface area contributed by atoms with Gasteiger partial charge in [0.1, 0.15) is 5.75 Å². The van der Waals surface area contributed by atoms with E-state index in [-0.39, 0.29) is 0 Å². The van der Waals surface area contributed by atoms with Gasteiger partial charge in [0.05, 0.1) is 6.61 Å². The van der Waals surface area contributed by atoms with Crippen molar-refractivity contribution in [3.8, 4) is 5.75 Å². The molecule has 18 heavy (non-hydrogen) atoms. The second-order valence-corrected chi connectivity index (χ2v) is 5.93. The minimum Gasteiger partial charge on any atom is -0.494 e. The first kappa shape index (κ1) is 13.2. The Morgan fingerprint density at radius 3 is 2.78 bits per heavy atom. The molecule has 0 aliphatic carbocycles. The van der Waals surface area contributed by atoms with Crippen LogP contribution in [0.15, 0.2) is 18.2 Å². The second-order valence-electron chi connectivity index (χ2n) is 5.93. The van der Waals surface area contributed by atoms with Crippen LogP contribution in [0.3, 0.4) is 0 Å². The van der Waals surface area contributed by atoms with Crippen LogP contribution >= 0.6 is 0 Å². The number of hydrogen-bond donors (Lipinski definition) is 1. The van der Waals surface area contributed by atoms with Gasteiger partial charge >= 0.3 is 0 Å². The number of hydrogen-bond acceptors (Lipinski definition) is 3. The third kappa shape index (κ3) is 3.16. The van der Waals surface area contributed by atoms with Crippen LogP contribution in [-0.2, 0) is 6.54 Å². The van der Waals surface area contributed by atoms with Gasteiger partial charge in [-0.2, -0.15) is 0 Å². The van der Waals surface area contributed by atoms with Gasteiger partial charge in [0, 0.05) is 24.3 Å². The fourth-order valence-electron chi connectivity index (χ4n) is 2.62. The molecule has 1 heterocycles. The van der Waals surface area contributed by atoms with Gasteiger partial charge in [0.2, 0.25) is 0 Å². The number of ether oxygens (including phenoxy) is 1. The van der Waals surface area contributed by atoms with Crippen LogP contribution in [0.2, 0.25) is 0 Å². The predicted molar refractivity (Wildman–Crippen MR) is 75.7 cm³/mol. The molecule has 2 rings (SSSR count). The van der Waals surface area contributed by atoms with Crippen molar-refractivity contribution < 1.29 is 4.74 Å². The number of likely N-dealkylation sites (tertiary alicyclic amines) is 1. The zero-order valence-electron chi connectivity index (χ0n) is 11.7. The van der Waals surface area contributed by atoms with Gasteiger partial charge in [-0.05, 0) is 43.5 Å². The van der Waals surface area contributed by atoms with Crippen LogP contribution in [0, 0.1) is 5.41 Å². The average molecular weight is 248 g/mol. The minimum atomic E-state index is 0.437. The van der Waals surface area contributed by atoms with E-state index in [4.69, 9.17) is 10.5 Å². The maximum atomic E-state index is 5.88. The fraction of sp³-hybridized carbons (Fsp3) is 0.600. The smallest absolute Gasteiger partial charge is 0.123 e. The Labute approximate surface area is 110 Å². The Bertz CT molecular complexity index is 415. The summed E-state index contributed by atoms with van der Waals surface area (Å²) in [7, 11) is 0. The maximum absolute atomic E-state index is 5.88. The Hall–Kier alpha value is -1.22. The standard InChI is InChI=1S/C15H24N2O/c1-4-18-14-6-5-13(16)9-12(14)10-17-8-7-15(2,3)11-17/h5-6,9H,4,7-8,10-11,16H2,1-3H3. The molecule has 100 valence electrons. The number of nitrogen functional groups attached to an aromatic ring is 1. The molecule has 1 fully saturated rings. The summed E-state index contributed by atoms with van der Waals surface area (Å²) in [5, 5.41) is 0. The topological polar surface area (TPSA) is 38.5 Å². The van der Waals surface area contributed by atoms with Crippen molar-refractivity contribution >= 4 is 5.69 Å². The lowest BCUT2D eigenvalue weighted by atomic mass is 9.93. The average Bonchev–Trinajstić information content (AvgIpc) is 2.62. The van der Waals surface area contributed by atoms with E-state index < -0.39 is 0 Å². The summed E-state index contributed by atoms with van der Waals surface area (Å²) < 4.78 is 5.67. The SMILES string of the molecule is CCOc1ccc(N)cc1CN1CCC(C)(C)C1. The fourth-order valence-corrected chi connectivity index (χ4v) is 2.62. The quantitative estimate of drug-likeness (QED) is 0.833. The number of anilines is 1. The van der Waals surface area contributed by atoms with Gasteiger partial charge in [-0.25, -0.2) is 0 Å². The lowest BCUT2D eigenvalue weighted by Gasteiger charge is -2.21. The van der Waals surface area contributed by atoms with Crippen LogP contribution in [-0.4, -0.2) is 24.6 Å². The van der Waals surface area contributed by atoms with Crippen LogP contribution in [0.25, 0.3) is 0 Å². The van der Waals surface area contributed by atoms with Crippen molar-refractivity contribution in [2.75, 3.05) is 25.4 Å². The van der Waals surface area contributed by atoms with Gasteiger partial charge < -0.3 is 10.5 Å². The summed E-state index contributed by atoms with van der Waals surface area (Å²) in [5.74, 6) is 0.969. The third-order valence-electron chi connectivity index (χ3n) is 3.53. The molecule has 1 aromatic rings. The highest BCUT2D eigenvalue weighted by Crippen LogP contribution is 2.31. The normalized spacial score (nSPS) is 19.1. The summed E-state index contributed by atoms with van der Waals surface area (Å²) >= 11 is 0. The molecule has 3 nitrogen and oxygen atoms in total. The zero-order valence-corrected chi connectivity index (χ0v) is 11.7. The van der Waals surface area contributed by atoms with E-state index >= 15 is 0 Å². The number of benzene rings is 1. The molecule has 1 aromatic carbocycles. The minimum absolute atomic E-state index is 0.437. The molecule has 0 spiro atoms. The van der Waals surface area contributed by atoms with Crippen molar-refractivity contribution in [2.24, 2.45) is 5.41 Å². The monoisotopic (exact) mass is 248 g/mol. The third-order valence-corrected chi connectivity index (χ3v) is 3.53. The first-order valence-electron chi connectivity index (χ1n) is 6.74. The molecule has 1 aliphatic rings. The van der Waals surface area contributed by atoms with E-state index in [0.29, 0.717) is 12.0 Å². The summed E-state index contributed by atoms with van der Waals surface area (Å²) in [4.78, 5) is 2.48. The molecule has 0 unspecified atom stereocenters. The maximum Gasteiger partial charge on any atom is 0.123 e. The first-order chi connectivity index (χ1) is 8.50. The molecule has 3 heteroatoms. The van der Waals surface area contributed by atoms with Gasteiger partial charge in [-0.3, -0.25) is 4.90 Å². The van der Waals surface area contributed by atoms with E-state index in [1.165, 1.54) is 12.0 Å². The molecule has 1 aliphatic heterocycles. The second kappa shape index (κ2) is 5.19. The molecular weight excluding hydrogens is 224 g/mol. The summed E-state index contributed by atoms with van der Waals surface area (Å²) in [6.07, 6.45) is 1.26. The summed E-state index contributed by atoms with van der Waals surface area (Å²) in [6, 6.07) is 5.92. The first-order valence-corrected chi connectivity index (χ1v) is 6.74. The van der Waals surface area contributed by atoms with E-state index in [1.807, 2.05) is 25.1 Å². The highest BCUT2D eigenvalue weighted by Gasteiger charge is 2.29. The molecule has 0 radical (unpaired) electrons. The molecule has 0 amide bonds. The van der Waals surface area contributed by atoms with Gasteiger partial charge in [0.25, 0.3) is 0 Å². The van der Waals surface area contributed by atoms with E-state index in [2.05, 4.69) is 18.7 Å². The number of nitrogens with zero attached hydrogens (tertiary/aromatic N) is 1. The molecule has 0 saturated carbocycles. The van der Waals surface area contributed by atoms with Crippen molar-refractivity contribution in [1.29, 1.82) is 0 Å². The van der Waals surface area contributed by atoms with Crippen molar-refractivity contribution in [3.05, 3.63) is 23.8 Å². The van der Waals surface area contributed by atoms with Crippen LogP contribution in [0.5, 0.6) is 5.75 Å². The molecular formula is C15H24N2O. The van der Waals surface area contributed by atoms with E-state index in [0.717, 1.165) is 31.1 Å². The van der Waals surface area contributed by atoms with Gasteiger partial charge in [-0.15, -0.1) is 0 Å². The largest absolute Gasteiger partial charge is 0.494 e. The number of rotatable bonds is 4. The Balaban J connectivity index is 2.10. The molecule has 0 aromatic heterocycles. The Morgan fingerprint density at radius 2 is 2.17 bits per heavy atom. The highest BCUT2D eigenvalue weighted by atomic mass is 16.5. The molecule has 2 N–H and O–H groups in total. The van der Waals surface area contributed by atoms with Crippen LogP contribution in [0.4, 0.5) is 5.69 Å². The summed E-state index contributed by atoms with van der Waals surface area (Å²) in [6.45, 7) is 10.6. The lowest BCUT2D eigenvalue weighted by molar-refractivity contribution is 0.275. The van der Waals surface area contributed by atoms with Crippen LogP contribution in [0.1, 0.15) is 32.8 Å². The molecule has 0 bridgehead atoms. The Morgan fingerprint density at radius 1 is 1.39 bits per heavy atom. The number of nitrogens with two attached hydrogens (primary N) is 1. The molecule has 1 saturated heterocycles. The van der Waals surface area contributed by atoms with Gasteiger partial charge in [-0.1, -0.05) is 13.8 Å². The van der Waals surface area contributed by atoms with E-state index in [9.17, 15) is 0 Å². The highest BCUT2D eigenvalue weighted by molar-refractivity contribution is 5.47. The van der Waals surface area contributed by atoms with Gasteiger partial charge in [0.15, 0.2) is 0 Å². The Kier molecular flexibility index (Phi) is 3.81. The predicted octanol–water partition coefficient (Wildman–Crippen LogP) is 2.90. The summed E-state index contributed by atoms with van der Waals surface area (Å²) in [5.41, 5.74) is 8.33.